The predicted molar refractivity (Wildman–Crippen MR) is 126 cm³/mol. The number of thioether (sulfide) groups is 1. The molecule has 0 fully saturated rings. The maximum absolute atomic E-state index is 13.7. The second-order valence-corrected chi connectivity index (χ2v) is 9.66. The minimum absolute atomic E-state index is 0.0465. The summed E-state index contributed by atoms with van der Waals surface area (Å²) >= 11 is 1.78. The van der Waals surface area contributed by atoms with Gasteiger partial charge in [0, 0.05) is 21.9 Å². The summed E-state index contributed by atoms with van der Waals surface area (Å²) in [5.74, 6) is 1.13. The van der Waals surface area contributed by atoms with Crippen LogP contribution in [0, 0.1) is 17.7 Å². The Kier molecular flexibility index (Phi) is 7.10. The summed E-state index contributed by atoms with van der Waals surface area (Å²) < 4.78 is 13.7. The minimum Gasteiger partial charge on any atom is -0.392 e. The summed E-state index contributed by atoms with van der Waals surface area (Å²) in [6, 6.07) is 17.0. The first-order valence-corrected chi connectivity index (χ1v) is 11.6. The van der Waals surface area contributed by atoms with Gasteiger partial charge in [0.15, 0.2) is 0 Å². The van der Waals surface area contributed by atoms with Crippen LogP contribution in [0.4, 0.5) is 4.39 Å². The summed E-state index contributed by atoms with van der Waals surface area (Å²) in [5, 5.41) is 14.3. The van der Waals surface area contributed by atoms with Gasteiger partial charge in [-0.05, 0) is 47.6 Å². The van der Waals surface area contributed by atoms with Crippen molar-refractivity contribution in [2.24, 2.45) is 11.8 Å². The second-order valence-electron chi connectivity index (χ2n) is 8.67. The third kappa shape index (κ3) is 4.50. The highest BCUT2D eigenvalue weighted by Crippen LogP contribution is 2.47. The van der Waals surface area contributed by atoms with Crippen LogP contribution in [0.5, 0.6) is 0 Å². The van der Waals surface area contributed by atoms with E-state index in [-0.39, 0.29) is 29.8 Å². The van der Waals surface area contributed by atoms with Gasteiger partial charge in [0.05, 0.1) is 12.1 Å². The van der Waals surface area contributed by atoms with Gasteiger partial charge in [-0.15, -0.1) is 11.8 Å². The van der Waals surface area contributed by atoms with E-state index >= 15 is 0 Å². The zero-order valence-corrected chi connectivity index (χ0v) is 19.3. The number of allylic oxidation sites excluding steroid dienone is 2. The Morgan fingerprint density at radius 1 is 1.00 bits per heavy atom. The van der Waals surface area contributed by atoms with Gasteiger partial charge < -0.3 is 10.4 Å². The monoisotopic (exact) mass is 425 g/mol. The van der Waals surface area contributed by atoms with Crippen molar-refractivity contribution in [1.82, 2.24) is 5.32 Å². The predicted octanol–water partition coefficient (Wildman–Crippen LogP) is 6.39. The van der Waals surface area contributed by atoms with E-state index in [0.29, 0.717) is 0 Å². The molecule has 4 heteroatoms. The summed E-state index contributed by atoms with van der Waals surface area (Å²) in [5.41, 5.74) is 5.00. The van der Waals surface area contributed by atoms with Crippen molar-refractivity contribution >= 4 is 17.3 Å². The Labute approximate surface area is 184 Å². The molecule has 0 aliphatic carbocycles. The molecule has 0 saturated carbocycles. The molecule has 160 valence electrons. The quantitative estimate of drug-likeness (QED) is 0.539. The van der Waals surface area contributed by atoms with Gasteiger partial charge in [-0.2, -0.15) is 0 Å². The lowest BCUT2D eigenvalue weighted by Crippen LogP contribution is -2.52. The van der Waals surface area contributed by atoms with Crippen LogP contribution < -0.4 is 5.32 Å². The maximum atomic E-state index is 13.7. The summed E-state index contributed by atoms with van der Waals surface area (Å²) in [4.78, 5) is 1.14. The van der Waals surface area contributed by atoms with Gasteiger partial charge in [0.2, 0.25) is 0 Å². The summed E-state index contributed by atoms with van der Waals surface area (Å²) in [7, 11) is 0. The average molecular weight is 426 g/mol. The third-order valence-corrected chi connectivity index (χ3v) is 7.23. The standard InChI is InChI=1S/C26H32FNOS/c1-17(2)24-25(30-16-19-9-7-6-8-10-19)23(20-11-13-21(27)14-12-20)22(15-29)26(5,28-24)18(3)4/h6-14,17-18,28-29H,15-16H2,1-5H3. The first kappa shape index (κ1) is 22.6. The lowest BCUT2D eigenvalue weighted by Gasteiger charge is -2.45. The van der Waals surface area contributed by atoms with Crippen LogP contribution in [0.15, 0.2) is 70.8 Å². The maximum Gasteiger partial charge on any atom is 0.123 e. The molecule has 0 aromatic heterocycles. The Balaban J connectivity index is 2.19. The first-order chi connectivity index (χ1) is 14.3. The van der Waals surface area contributed by atoms with E-state index in [4.69, 9.17) is 0 Å². The molecule has 2 aromatic carbocycles. The number of aliphatic hydroxyl groups excluding tert-OH is 1. The molecule has 1 aliphatic rings. The smallest absolute Gasteiger partial charge is 0.123 e. The van der Waals surface area contributed by atoms with Crippen LogP contribution >= 0.6 is 11.8 Å². The second kappa shape index (κ2) is 9.40. The van der Waals surface area contributed by atoms with Gasteiger partial charge >= 0.3 is 0 Å². The van der Waals surface area contributed by atoms with Gasteiger partial charge in [0.1, 0.15) is 5.82 Å². The molecule has 0 spiro atoms. The zero-order chi connectivity index (χ0) is 21.9. The van der Waals surface area contributed by atoms with Crippen molar-refractivity contribution in [3.63, 3.8) is 0 Å². The number of nitrogens with one attached hydrogen (secondary N) is 1. The van der Waals surface area contributed by atoms with Crippen LogP contribution in [-0.4, -0.2) is 17.3 Å². The summed E-state index contributed by atoms with van der Waals surface area (Å²) in [6.45, 7) is 10.8. The van der Waals surface area contributed by atoms with Crippen molar-refractivity contribution in [2.45, 2.75) is 45.9 Å². The normalized spacial score (nSPS) is 19.6. The van der Waals surface area contributed by atoms with Gasteiger partial charge in [0.25, 0.3) is 0 Å². The Morgan fingerprint density at radius 2 is 1.63 bits per heavy atom. The molecule has 2 nitrogen and oxygen atoms in total. The Morgan fingerprint density at radius 3 is 2.17 bits per heavy atom. The van der Waals surface area contributed by atoms with Crippen LogP contribution in [0.1, 0.15) is 45.7 Å². The zero-order valence-electron chi connectivity index (χ0n) is 18.5. The first-order valence-electron chi connectivity index (χ1n) is 10.6. The molecule has 0 radical (unpaired) electrons. The van der Waals surface area contributed by atoms with Crippen LogP contribution in [0.2, 0.25) is 0 Å². The fraction of sp³-hybridized carbons (Fsp3) is 0.385. The molecular weight excluding hydrogens is 393 g/mol. The molecule has 2 N–H and O–H groups in total. The van der Waals surface area contributed by atoms with E-state index in [2.05, 4.69) is 64.2 Å². The van der Waals surface area contributed by atoms with Gasteiger partial charge in [-0.25, -0.2) is 4.39 Å². The van der Waals surface area contributed by atoms with E-state index in [0.717, 1.165) is 27.4 Å². The van der Waals surface area contributed by atoms with Crippen LogP contribution in [-0.2, 0) is 5.75 Å². The number of hydrogen-bond donors (Lipinski definition) is 2. The van der Waals surface area contributed by atoms with Crippen LogP contribution in [0.3, 0.4) is 0 Å². The van der Waals surface area contributed by atoms with E-state index in [1.807, 2.05) is 18.2 Å². The van der Waals surface area contributed by atoms with E-state index in [9.17, 15) is 9.50 Å². The largest absolute Gasteiger partial charge is 0.392 e. The highest BCUT2D eigenvalue weighted by Gasteiger charge is 2.40. The number of dihydropyridines is 1. The molecule has 1 atom stereocenters. The molecule has 2 aromatic rings. The highest BCUT2D eigenvalue weighted by atomic mass is 32.2. The lowest BCUT2D eigenvalue weighted by atomic mass is 9.74. The average Bonchev–Trinajstić information content (AvgIpc) is 2.73. The van der Waals surface area contributed by atoms with Crippen molar-refractivity contribution in [3.8, 4) is 0 Å². The molecule has 1 heterocycles. The van der Waals surface area contributed by atoms with E-state index < -0.39 is 0 Å². The Hall–Kier alpha value is -2.04. The number of hydrogen-bond acceptors (Lipinski definition) is 3. The molecule has 0 amide bonds. The number of halogens is 1. The number of benzene rings is 2. The lowest BCUT2D eigenvalue weighted by molar-refractivity contribution is 0.255. The van der Waals surface area contributed by atoms with Crippen molar-refractivity contribution in [1.29, 1.82) is 0 Å². The molecular formula is C26H32FNOS. The molecule has 3 rings (SSSR count). The van der Waals surface area contributed by atoms with E-state index in [1.54, 1.807) is 11.8 Å². The highest BCUT2D eigenvalue weighted by molar-refractivity contribution is 8.02. The van der Waals surface area contributed by atoms with Crippen molar-refractivity contribution in [3.05, 3.63) is 87.7 Å². The SMILES string of the molecule is CC(C)C1=C(SCc2ccccc2)C(c2ccc(F)cc2)=C(CO)C(C)(C(C)C)N1. The minimum atomic E-state index is -0.380. The van der Waals surface area contributed by atoms with Crippen molar-refractivity contribution in [2.75, 3.05) is 6.61 Å². The molecule has 0 saturated heterocycles. The van der Waals surface area contributed by atoms with Crippen LogP contribution in [0.25, 0.3) is 5.57 Å². The fourth-order valence-corrected chi connectivity index (χ4v) is 5.22. The number of aliphatic hydroxyl groups is 1. The van der Waals surface area contributed by atoms with Gasteiger partial charge in [-0.1, -0.05) is 70.2 Å². The van der Waals surface area contributed by atoms with Gasteiger partial charge in [-0.3, -0.25) is 0 Å². The third-order valence-electron chi connectivity index (χ3n) is 6.04. The summed E-state index contributed by atoms with van der Waals surface area (Å²) in [6.07, 6.45) is 0. The Bertz CT molecular complexity index is 931. The van der Waals surface area contributed by atoms with Crippen molar-refractivity contribution < 1.29 is 9.50 Å². The molecule has 1 unspecified atom stereocenters. The molecule has 0 bridgehead atoms. The molecule has 30 heavy (non-hydrogen) atoms. The molecule has 1 aliphatic heterocycles. The fourth-order valence-electron chi connectivity index (χ4n) is 3.89. The topological polar surface area (TPSA) is 32.3 Å². The van der Waals surface area contributed by atoms with E-state index in [1.165, 1.54) is 23.4 Å². The number of rotatable bonds is 7.